The predicted octanol–water partition coefficient (Wildman–Crippen LogP) is 2.60. The minimum atomic E-state index is -0.542. The molecule has 3 N–H and O–H groups in total. The lowest BCUT2D eigenvalue weighted by Gasteiger charge is -2.12. The van der Waals surface area contributed by atoms with Crippen molar-refractivity contribution in [3.8, 4) is 11.5 Å². The second kappa shape index (κ2) is 8.04. The number of nitrogens with one attached hydrogen (secondary N) is 1. The summed E-state index contributed by atoms with van der Waals surface area (Å²) in [6.07, 6.45) is 1.46. The van der Waals surface area contributed by atoms with Crippen LogP contribution in [0.15, 0.2) is 32.8 Å². The average molecular weight is 422 g/mol. The van der Waals surface area contributed by atoms with E-state index >= 15 is 0 Å². The molecule has 0 spiro atoms. The molecule has 0 saturated heterocycles. The van der Waals surface area contributed by atoms with Crippen molar-refractivity contribution in [3.05, 3.63) is 33.2 Å². The largest absolute Gasteiger partial charge is 0.506 e. The molecule has 1 rings (SSSR count). The maximum atomic E-state index is 11.8. The number of rotatable bonds is 6. The summed E-state index contributed by atoms with van der Waals surface area (Å²) in [5, 5.41) is 24.5. The number of hydrogen-bond acceptors (Lipinski definition) is 5. The van der Waals surface area contributed by atoms with Gasteiger partial charge in [0.1, 0.15) is 15.9 Å². The minimum Gasteiger partial charge on any atom is -0.506 e. The molecular formula is C13H14Br2N2O4. The predicted molar refractivity (Wildman–Crippen MR) is 86.2 cm³/mol. The Balaban J connectivity index is 3.07. The first kappa shape index (κ1) is 17.5. The first-order valence-corrected chi connectivity index (χ1v) is 7.38. The molecule has 0 aromatic heterocycles. The van der Waals surface area contributed by atoms with Crippen LogP contribution in [0.4, 0.5) is 0 Å². The summed E-state index contributed by atoms with van der Waals surface area (Å²) in [5.74, 6) is -0.206. The summed E-state index contributed by atoms with van der Waals surface area (Å²) in [4.78, 5) is 11.8. The Morgan fingerprint density at radius 3 is 2.76 bits per heavy atom. The van der Waals surface area contributed by atoms with Gasteiger partial charge in [-0.1, -0.05) is 11.2 Å². The maximum Gasteiger partial charge on any atom is 0.269 e. The van der Waals surface area contributed by atoms with Crippen molar-refractivity contribution in [2.24, 2.45) is 5.16 Å². The fraction of sp³-hybridized carbons (Fsp3) is 0.231. The molecule has 0 unspecified atom stereocenters. The lowest BCUT2D eigenvalue weighted by atomic mass is 10.1. The third-order valence-corrected chi connectivity index (χ3v) is 3.91. The fourth-order valence-corrected chi connectivity index (χ4v) is 3.10. The van der Waals surface area contributed by atoms with Crippen LogP contribution in [0.2, 0.25) is 0 Å². The standard InChI is InChI=1S/C13H14Br2N2O4/c1-3-4-16-13(19)9(17-20)6-7-5-8(14)12(21-2)10(15)11(7)18/h3,5,18,20H,1,4,6H2,2H3,(H,16,19)/b17-9+. The van der Waals surface area contributed by atoms with Crippen LogP contribution >= 0.6 is 31.9 Å². The van der Waals surface area contributed by atoms with Gasteiger partial charge in [0.15, 0.2) is 5.75 Å². The molecule has 0 aliphatic heterocycles. The first-order valence-electron chi connectivity index (χ1n) is 5.80. The smallest absolute Gasteiger partial charge is 0.269 e. The molecule has 0 atom stereocenters. The van der Waals surface area contributed by atoms with E-state index in [0.717, 1.165) is 0 Å². The Bertz CT molecular complexity index is 588. The highest BCUT2D eigenvalue weighted by Crippen LogP contribution is 2.42. The van der Waals surface area contributed by atoms with Gasteiger partial charge in [0.05, 0.1) is 11.6 Å². The third-order valence-electron chi connectivity index (χ3n) is 2.58. The maximum absolute atomic E-state index is 11.8. The van der Waals surface area contributed by atoms with Crippen molar-refractivity contribution >= 4 is 43.5 Å². The van der Waals surface area contributed by atoms with Crippen LogP contribution in [0.3, 0.4) is 0 Å². The molecule has 0 saturated carbocycles. The minimum absolute atomic E-state index is 0.0491. The number of oxime groups is 1. The van der Waals surface area contributed by atoms with E-state index in [-0.39, 0.29) is 24.4 Å². The molecule has 0 aliphatic rings. The topological polar surface area (TPSA) is 91.2 Å². The monoisotopic (exact) mass is 420 g/mol. The molecular weight excluding hydrogens is 408 g/mol. The molecule has 1 aromatic rings. The summed E-state index contributed by atoms with van der Waals surface area (Å²) in [6, 6.07) is 1.59. The van der Waals surface area contributed by atoms with E-state index in [1.165, 1.54) is 13.2 Å². The number of hydrogen-bond donors (Lipinski definition) is 3. The first-order chi connectivity index (χ1) is 9.96. The number of methoxy groups -OCH3 is 1. The summed E-state index contributed by atoms with van der Waals surface area (Å²) < 4.78 is 6.06. The van der Waals surface area contributed by atoms with Crippen molar-refractivity contribution < 1.29 is 19.8 Å². The summed E-state index contributed by atoms with van der Waals surface area (Å²) in [7, 11) is 1.47. The summed E-state index contributed by atoms with van der Waals surface area (Å²) in [5.41, 5.74) is 0.271. The number of phenols is 1. The molecule has 114 valence electrons. The van der Waals surface area contributed by atoms with Crippen LogP contribution in [-0.2, 0) is 11.2 Å². The van der Waals surface area contributed by atoms with Gasteiger partial charge in [0, 0.05) is 18.5 Å². The van der Waals surface area contributed by atoms with E-state index in [9.17, 15) is 9.90 Å². The van der Waals surface area contributed by atoms with Crippen molar-refractivity contribution in [3.63, 3.8) is 0 Å². The van der Waals surface area contributed by atoms with Gasteiger partial charge in [-0.3, -0.25) is 4.79 Å². The molecule has 6 nitrogen and oxygen atoms in total. The van der Waals surface area contributed by atoms with E-state index < -0.39 is 5.91 Å². The zero-order valence-electron chi connectivity index (χ0n) is 11.2. The highest BCUT2D eigenvalue weighted by Gasteiger charge is 2.19. The molecule has 0 aliphatic carbocycles. The zero-order chi connectivity index (χ0) is 16.0. The summed E-state index contributed by atoms with van der Waals surface area (Å²) >= 11 is 6.51. The van der Waals surface area contributed by atoms with Crippen LogP contribution < -0.4 is 10.1 Å². The lowest BCUT2D eigenvalue weighted by Crippen LogP contribution is -2.32. The Morgan fingerprint density at radius 2 is 2.24 bits per heavy atom. The quantitative estimate of drug-likeness (QED) is 0.285. The Labute approximate surface area is 138 Å². The van der Waals surface area contributed by atoms with Crippen LogP contribution in [0.5, 0.6) is 11.5 Å². The Kier molecular flexibility index (Phi) is 6.70. The number of benzene rings is 1. The highest BCUT2D eigenvalue weighted by atomic mass is 79.9. The van der Waals surface area contributed by atoms with E-state index in [0.29, 0.717) is 20.3 Å². The SMILES string of the molecule is C=CCNC(=O)/C(Cc1cc(Br)c(OC)c(Br)c1O)=N/O. The fourth-order valence-electron chi connectivity index (χ4n) is 1.57. The van der Waals surface area contributed by atoms with Crippen LogP contribution in [0.1, 0.15) is 5.56 Å². The van der Waals surface area contributed by atoms with E-state index in [2.05, 4.69) is 48.9 Å². The molecule has 0 heterocycles. The van der Waals surface area contributed by atoms with E-state index in [4.69, 9.17) is 9.94 Å². The van der Waals surface area contributed by atoms with Crippen LogP contribution in [0.25, 0.3) is 0 Å². The Hall–Kier alpha value is -1.54. The van der Waals surface area contributed by atoms with Gasteiger partial charge in [-0.25, -0.2) is 0 Å². The number of halogens is 2. The van der Waals surface area contributed by atoms with E-state index in [1.54, 1.807) is 6.07 Å². The lowest BCUT2D eigenvalue weighted by molar-refractivity contribution is -0.114. The molecule has 21 heavy (non-hydrogen) atoms. The van der Waals surface area contributed by atoms with Gasteiger partial charge in [0.25, 0.3) is 5.91 Å². The number of phenolic OH excluding ortho intramolecular Hbond substituents is 1. The summed E-state index contributed by atoms with van der Waals surface area (Å²) in [6.45, 7) is 3.72. The van der Waals surface area contributed by atoms with Crippen LogP contribution in [0, 0.1) is 0 Å². The molecule has 0 fully saturated rings. The van der Waals surface area contributed by atoms with Crippen molar-refractivity contribution in [2.45, 2.75) is 6.42 Å². The van der Waals surface area contributed by atoms with Crippen LogP contribution in [-0.4, -0.2) is 35.6 Å². The van der Waals surface area contributed by atoms with Gasteiger partial charge in [-0.15, -0.1) is 6.58 Å². The molecule has 1 aromatic carbocycles. The third kappa shape index (κ3) is 4.21. The molecule has 8 heteroatoms. The van der Waals surface area contributed by atoms with E-state index in [1.807, 2.05) is 0 Å². The van der Waals surface area contributed by atoms with Gasteiger partial charge in [-0.05, 0) is 37.9 Å². The number of aromatic hydroxyl groups is 1. The van der Waals surface area contributed by atoms with Gasteiger partial charge < -0.3 is 20.4 Å². The molecule has 0 radical (unpaired) electrons. The molecule has 0 bridgehead atoms. The van der Waals surface area contributed by atoms with Gasteiger partial charge in [-0.2, -0.15) is 0 Å². The number of nitrogens with zero attached hydrogens (tertiary/aromatic N) is 1. The zero-order valence-corrected chi connectivity index (χ0v) is 14.4. The van der Waals surface area contributed by atoms with Crippen molar-refractivity contribution in [2.75, 3.05) is 13.7 Å². The molecule has 1 amide bonds. The average Bonchev–Trinajstić information content (AvgIpc) is 2.47. The number of amides is 1. The van der Waals surface area contributed by atoms with Crippen molar-refractivity contribution in [1.82, 2.24) is 5.32 Å². The number of carbonyl (C=O) groups is 1. The normalized spacial score (nSPS) is 11.1. The highest BCUT2D eigenvalue weighted by molar-refractivity contribution is 9.11. The number of carbonyl (C=O) groups excluding carboxylic acids is 1. The number of ether oxygens (including phenoxy) is 1. The van der Waals surface area contributed by atoms with Gasteiger partial charge >= 0.3 is 0 Å². The Morgan fingerprint density at radius 1 is 1.57 bits per heavy atom. The van der Waals surface area contributed by atoms with Crippen molar-refractivity contribution in [1.29, 1.82) is 0 Å². The van der Waals surface area contributed by atoms with Gasteiger partial charge in [0.2, 0.25) is 0 Å². The second-order valence-electron chi connectivity index (χ2n) is 3.94. The second-order valence-corrected chi connectivity index (χ2v) is 5.58.